The number of nitrogens with zero attached hydrogens (tertiary/aromatic N) is 3. The van der Waals surface area contributed by atoms with Gasteiger partial charge in [0.15, 0.2) is 0 Å². The van der Waals surface area contributed by atoms with Crippen molar-refractivity contribution >= 4 is 39.3 Å². The van der Waals surface area contributed by atoms with Crippen LogP contribution in [0.5, 0.6) is 5.75 Å². The minimum Gasteiger partial charge on any atom is -0.494 e. The Balaban J connectivity index is 1.64. The van der Waals surface area contributed by atoms with E-state index in [4.69, 9.17) is 4.74 Å². The summed E-state index contributed by atoms with van der Waals surface area (Å²) in [6.45, 7) is 4.33. The Morgan fingerprint density at radius 1 is 1.30 bits per heavy atom. The number of thioether (sulfide) groups is 1. The lowest BCUT2D eigenvalue weighted by atomic mass is 10.0. The molecular formula is C20H19BrFN5O2S. The number of aryl methyl sites for hydroxylation is 1. The second-order valence-electron chi connectivity index (χ2n) is 6.63. The highest BCUT2D eigenvalue weighted by molar-refractivity contribution is 9.10. The third kappa shape index (κ3) is 4.15. The molecule has 30 heavy (non-hydrogen) atoms. The van der Waals surface area contributed by atoms with Crippen molar-refractivity contribution in [1.82, 2.24) is 14.9 Å². The van der Waals surface area contributed by atoms with E-state index in [-0.39, 0.29) is 17.6 Å². The molecule has 0 bridgehead atoms. The Labute approximate surface area is 185 Å². The standard InChI is InChI=1S/C20H19BrFN5O2S/c1-3-29-14-7-4-12(5-8-14)17-18(30-20-25-24-11(2)27(20)26-17)19(28)23-16-9-6-13(21)10-15(16)22/h4-10,17-18,26H,3H2,1-2H3,(H,23,28)/t17-,18+/m0/s1. The van der Waals surface area contributed by atoms with Crippen molar-refractivity contribution in [2.24, 2.45) is 0 Å². The first kappa shape index (κ1) is 20.7. The van der Waals surface area contributed by atoms with Crippen LogP contribution in [0, 0.1) is 12.7 Å². The number of halogens is 2. The molecule has 3 aromatic rings. The average molecular weight is 492 g/mol. The molecule has 0 spiro atoms. The Hall–Kier alpha value is -2.59. The van der Waals surface area contributed by atoms with Gasteiger partial charge in [-0.15, -0.1) is 10.2 Å². The predicted octanol–water partition coefficient (Wildman–Crippen LogP) is 4.28. The topological polar surface area (TPSA) is 81.1 Å². The van der Waals surface area contributed by atoms with Crippen molar-refractivity contribution in [2.75, 3.05) is 17.3 Å². The number of anilines is 1. The molecule has 0 aliphatic carbocycles. The van der Waals surface area contributed by atoms with Gasteiger partial charge in [0.25, 0.3) is 0 Å². The van der Waals surface area contributed by atoms with E-state index in [9.17, 15) is 9.18 Å². The van der Waals surface area contributed by atoms with Crippen molar-refractivity contribution in [1.29, 1.82) is 0 Å². The van der Waals surface area contributed by atoms with Gasteiger partial charge >= 0.3 is 0 Å². The van der Waals surface area contributed by atoms with Crippen LogP contribution in [0.3, 0.4) is 0 Å². The molecule has 0 saturated carbocycles. The van der Waals surface area contributed by atoms with E-state index in [0.717, 1.165) is 11.3 Å². The molecule has 0 saturated heterocycles. The van der Waals surface area contributed by atoms with Gasteiger partial charge < -0.3 is 15.5 Å². The number of carbonyl (C=O) groups is 1. The second kappa shape index (κ2) is 8.65. The van der Waals surface area contributed by atoms with Gasteiger partial charge in [0, 0.05) is 4.47 Å². The van der Waals surface area contributed by atoms with Crippen LogP contribution in [0.25, 0.3) is 0 Å². The molecule has 2 heterocycles. The molecule has 4 rings (SSSR count). The van der Waals surface area contributed by atoms with Crippen molar-refractivity contribution in [2.45, 2.75) is 30.3 Å². The normalized spacial score (nSPS) is 17.7. The van der Waals surface area contributed by atoms with E-state index in [1.165, 1.54) is 23.9 Å². The summed E-state index contributed by atoms with van der Waals surface area (Å²) in [6, 6.07) is 11.7. The monoisotopic (exact) mass is 491 g/mol. The summed E-state index contributed by atoms with van der Waals surface area (Å²) in [5.74, 6) is 0.595. The van der Waals surface area contributed by atoms with Gasteiger partial charge in [0.1, 0.15) is 22.6 Å². The van der Waals surface area contributed by atoms with Crippen molar-refractivity contribution in [3.8, 4) is 5.75 Å². The minimum absolute atomic E-state index is 0.123. The summed E-state index contributed by atoms with van der Waals surface area (Å²) in [4.78, 5) is 13.1. The molecule has 0 fully saturated rings. The number of benzene rings is 2. The SMILES string of the molecule is CCOc1ccc([C@@H]2Nn3c(C)nnc3S[C@H]2C(=O)Nc2ccc(Br)cc2F)cc1. The molecule has 1 amide bonds. The van der Waals surface area contributed by atoms with E-state index in [2.05, 4.69) is 36.9 Å². The highest BCUT2D eigenvalue weighted by atomic mass is 79.9. The van der Waals surface area contributed by atoms with Gasteiger partial charge in [0.2, 0.25) is 11.1 Å². The number of hydrogen-bond donors (Lipinski definition) is 2. The third-order valence-electron chi connectivity index (χ3n) is 4.60. The smallest absolute Gasteiger partial charge is 0.240 e. The first-order valence-electron chi connectivity index (χ1n) is 9.30. The van der Waals surface area contributed by atoms with Crippen LogP contribution in [0.2, 0.25) is 0 Å². The summed E-state index contributed by atoms with van der Waals surface area (Å²) >= 11 is 4.50. The molecule has 1 aliphatic heterocycles. The second-order valence-corrected chi connectivity index (χ2v) is 8.65. The van der Waals surface area contributed by atoms with E-state index in [1.807, 2.05) is 38.1 Å². The number of rotatable bonds is 5. The van der Waals surface area contributed by atoms with Crippen LogP contribution in [0.4, 0.5) is 10.1 Å². The highest BCUT2D eigenvalue weighted by Crippen LogP contribution is 2.38. The summed E-state index contributed by atoms with van der Waals surface area (Å²) < 4.78 is 22.1. The number of hydrogen-bond acceptors (Lipinski definition) is 6. The summed E-state index contributed by atoms with van der Waals surface area (Å²) in [6.07, 6.45) is 0. The van der Waals surface area contributed by atoms with Crippen molar-refractivity contribution < 1.29 is 13.9 Å². The first-order valence-corrected chi connectivity index (χ1v) is 11.0. The lowest BCUT2D eigenvalue weighted by molar-refractivity contribution is -0.116. The number of ether oxygens (including phenoxy) is 1. The van der Waals surface area contributed by atoms with Crippen LogP contribution >= 0.6 is 27.7 Å². The molecule has 7 nitrogen and oxygen atoms in total. The molecule has 2 aromatic carbocycles. The fourth-order valence-corrected chi connectivity index (χ4v) is 4.60. The Kier molecular flexibility index (Phi) is 5.96. The van der Waals surface area contributed by atoms with Gasteiger partial charge in [-0.1, -0.05) is 39.8 Å². The molecule has 1 aliphatic rings. The maximum atomic E-state index is 14.2. The maximum absolute atomic E-state index is 14.2. The van der Waals surface area contributed by atoms with Gasteiger partial charge in [-0.3, -0.25) is 4.79 Å². The van der Waals surface area contributed by atoms with E-state index < -0.39 is 11.1 Å². The zero-order valence-corrected chi connectivity index (χ0v) is 18.6. The molecule has 2 atom stereocenters. The van der Waals surface area contributed by atoms with Crippen LogP contribution in [0.15, 0.2) is 52.1 Å². The highest BCUT2D eigenvalue weighted by Gasteiger charge is 2.37. The van der Waals surface area contributed by atoms with E-state index >= 15 is 0 Å². The van der Waals surface area contributed by atoms with Crippen LogP contribution in [-0.2, 0) is 4.79 Å². The third-order valence-corrected chi connectivity index (χ3v) is 6.30. The molecule has 10 heteroatoms. The lowest BCUT2D eigenvalue weighted by Crippen LogP contribution is -2.41. The number of carbonyl (C=O) groups excluding carboxylic acids is 1. The average Bonchev–Trinajstić information content (AvgIpc) is 3.10. The van der Waals surface area contributed by atoms with Gasteiger partial charge in [-0.05, 0) is 49.7 Å². The maximum Gasteiger partial charge on any atom is 0.240 e. The minimum atomic E-state index is -0.595. The Bertz CT molecular complexity index is 1080. The molecule has 0 unspecified atom stereocenters. The van der Waals surface area contributed by atoms with Crippen LogP contribution in [-0.4, -0.2) is 32.6 Å². The van der Waals surface area contributed by atoms with Gasteiger partial charge in [-0.25, -0.2) is 9.07 Å². The number of fused-ring (bicyclic) bond motifs is 1. The van der Waals surface area contributed by atoms with Crippen LogP contribution < -0.4 is 15.5 Å². The predicted molar refractivity (Wildman–Crippen MR) is 117 cm³/mol. The fraction of sp³-hybridized carbons (Fsp3) is 0.250. The zero-order chi connectivity index (χ0) is 21.3. The first-order chi connectivity index (χ1) is 14.5. The van der Waals surface area contributed by atoms with Gasteiger partial charge in [0.05, 0.1) is 18.3 Å². The molecular weight excluding hydrogens is 473 g/mol. The number of nitrogens with one attached hydrogen (secondary N) is 2. The zero-order valence-electron chi connectivity index (χ0n) is 16.2. The van der Waals surface area contributed by atoms with Crippen molar-refractivity contribution in [3.05, 3.63) is 64.1 Å². The molecule has 0 radical (unpaired) electrons. The molecule has 156 valence electrons. The summed E-state index contributed by atoms with van der Waals surface area (Å²) in [5, 5.41) is 10.9. The van der Waals surface area contributed by atoms with E-state index in [0.29, 0.717) is 22.1 Å². The van der Waals surface area contributed by atoms with E-state index in [1.54, 1.807) is 10.7 Å². The summed E-state index contributed by atoms with van der Waals surface area (Å²) in [7, 11) is 0. The fourth-order valence-electron chi connectivity index (χ4n) is 3.14. The number of aromatic nitrogens is 3. The number of amides is 1. The quantitative estimate of drug-likeness (QED) is 0.554. The summed E-state index contributed by atoms with van der Waals surface area (Å²) in [5.41, 5.74) is 4.33. The largest absolute Gasteiger partial charge is 0.494 e. The Morgan fingerprint density at radius 3 is 2.77 bits per heavy atom. The lowest BCUT2D eigenvalue weighted by Gasteiger charge is -2.32. The van der Waals surface area contributed by atoms with Gasteiger partial charge in [-0.2, -0.15) is 0 Å². The molecule has 2 N–H and O–H groups in total. The van der Waals surface area contributed by atoms with Crippen LogP contribution in [0.1, 0.15) is 24.4 Å². The van der Waals surface area contributed by atoms with Crippen molar-refractivity contribution in [3.63, 3.8) is 0 Å². The Morgan fingerprint density at radius 2 is 2.07 bits per heavy atom. The molecule has 1 aromatic heterocycles.